The number of benzene rings is 2. The van der Waals surface area contributed by atoms with Crippen LogP contribution in [-0.4, -0.2) is 81.5 Å². The molecule has 2 aliphatic rings. The summed E-state index contributed by atoms with van der Waals surface area (Å²) < 4.78 is 0.954. The standard InChI is InChI=1S/C27H34N8O3S/c1-3-4-12-30-27(38)32(2)34-16-23(36)35-20(13-17-8-10-19(28)11-9-17)25(37)33(15-22(34)35)14-18-6-5-7-21-24(18)31-26(29)39-21/h5-11,20,22H,3-4,12-16,28H2,1-2H3,(H2,29,31)(H,30,38)/t20-,22+/m0/s1. The summed E-state index contributed by atoms with van der Waals surface area (Å²) in [4.78, 5) is 48.1. The minimum Gasteiger partial charge on any atom is -0.399 e. The Kier molecular flexibility index (Phi) is 7.58. The molecule has 1 aromatic heterocycles. The van der Waals surface area contributed by atoms with Crippen LogP contribution in [0.5, 0.6) is 0 Å². The summed E-state index contributed by atoms with van der Waals surface area (Å²) in [6, 6.07) is 12.2. The highest BCUT2D eigenvalue weighted by atomic mass is 32.1. The zero-order chi connectivity index (χ0) is 27.7. The molecule has 0 unspecified atom stereocenters. The fourth-order valence-corrected chi connectivity index (χ4v) is 6.07. The Labute approximate surface area is 231 Å². The van der Waals surface area contributed by atoms with Crippen molar-refractivity contribution in [1.82, 2.24) is 30.1 Å². The zero-order valence-corrected chi connectivity index (χ0v) is 23.0. The maximum Gasteiger partial charge on any atom is 0.331 e. The topological polar surface area (TPSA) is 141 Å². The van der Waals surface area contributed by atoms with Gasteiger partial charge < -0.3 is 26.6 Å². The molecule has 0 spiro atoms. The van der Waals surface area contributed by atoms with Crippen LogP contribution in [0.25, 0.3) is 10.2 Å². The van der Waals surface area contributed by atoms with Gasteiger partial charge in [-0.3, -0.25) is 14.6 Å². The van der Waals surface area contributed by atoms with Gasteiger partial charge in [-0.2, -0.15) is 5.01 Å². The number of carbonyl (C=O) groups is 3. The minimum absolute atomic E-state index is 0.0138. The predicted octanol–water partition coefficient (Wildman–Crippen LogP) is 2.24. The number of nitrogens with zero attached hydrogens (tertiary/aromatic N) is 5. The number of amides is 4. The van der Waals surface area contributed by atoms with Gasteiger partial charge in [-0.15, -0.1) is 0 Å². The fraction of sp³-hybridized carbons (Fsp3) is 0.407. The molecule has 0 saturated carbocycles. The molecule has 5 N–H and O–H groups in total. The first-order chi connectivity index (χ1) is 18.8. The summed E-state index contributed by atoms with van der Waals surface area (Å²) in [5, 5.41) is 6.60. The number of hydrogen-bond donors (Lipinski definition) is 3. The van der Waals surface area contributed by atoms with Crippen LogP contribution in [0.1, 0.15) is 30.9 Å². The van der Waals surface area contributed by atoms with Gasteiger partial charge in [0.05, 0.1) is 23.3 Å². The number of nitrogens with one attached hydrogen (secondary N) is 1. The number of urea groups is 1. The van der Waals surface area contributed by atoms with Crippen molar-refractivity contribution in [2.45, 2.75) is 44.9 Å². The predicted molar refractivity (Wildman–Crippen MR) is 151 cm³/mol. The first kappa shape index (κ1) is 26.7. The third kappa shape index (κ3) is 5.34. The molecular weight excluding hydrogens is 516 g/mol. The molecule has 0 bridgehead atoms. The lowest BCUT2D eigenvalue weighted by Crippen LogP contribution is -2.65. The van der Waals surface area contributed by atoms with Gasteiger partial charge in [0, 0.05) is 32.2 Å². The highest BCUT2D eigenvalue weighted by Gasteiger charge is 2.51. The van der Waals surface area contributed by atoms with Crippen molar-refractivity contribution in [3.63, 3.8) is 0 Å². The second-order valence-electron chi connectivity index (χ2n) is 9.98. The molecular formula is C27H34N8O3S. The van der Waals surface area contributed by atoms with Crippen LogP contribution < -0.4 is 16.8 Å². The molecule has 2 aliphatic heterocycles. The second-order valence-corrected chi connectivity index (χ2v) is 11.0. The van der Waals surface area contributed by atoms with Gasteiger partial charge >= 0.3 is 6.03 Å². The van der Waals surface area contributed by atoms with Gasteiger partial charge in [-0.1, -0.05) is 48.9 Å². The number of anilines is 2. The SMILES string of the molecule is CCCCNC(=O)N(C)N1CC(=O)N2[C@@H](Cc3ccc(N)cc3)C(=O)N(Cc3cccc4sc(N)nc34)C[C@@H]21. The largest absolute Gasteiger partial charge is 0.399 e. The van der Waals surface area contributed by atoms with Gasteiger partial charge in [-0.25, -0.2) is 9.78 Å². The van der Waals surface area contributed by atoms with Crippen LogP contribution >= 0.6 is 11.3 Å². The van der Waals surface area contributed by atoms with E-state index in [9.17, 15) is 14.4 Å². The van der Waals surface area contributed by atoms with E-state index in [0.29, 0.717) is 30.3 Å². The molecule has 206 valence electrons. The van der Waals surface area contributed by atoms with E-state index in [1.807, 2.05) is 30.3 Å². The van der Waals surface area contributed by atoms with Crippen molar-refractivity contribution < 1.29 is 14.4 Å². The number of para-hydroxylation sites is 1. The molecule has 11 nitrogen and oxygen atoms in total. The number of hydrazine groups is 1. The summed E-state index contributed by atoms with van der Waals surface area (Å²) >= 11 is 1.40. The van der Waals surface area contributed by atoms with E-state index in [1.54, 1.807) is 34.0 Å². The highest BCUT2D eigenvalue weighted by Crippen LogP contribution is 2.32. The van der Waals surface area contributed by atoms with Crippen molar-refractivity contribution >= 4 is 50.2 Å². The van der Waals surface area contributed by atoms with Crippen molar-refractivity contribution in [3.05, 3.63) is 53.6 Å². The normalized spacial score (nSPS) is 19.5. The molecule has 39 heavy (non-hydrogen) atoms. The lowest BCUT2D eigenvalue weighted by molar-refractivity contribution is -0.157. The molecule has 4 amide bonds. The van der Waals surface area contributed by atoms with Crippen LogP contribution in [0.4, 0.5) is 15.6 Å². The molecule has 3 aromatic rings. The molecule has 0 aliphatic carbocycles. The number of unbranched alkanes of at least 4 members (excludes halogenated alkanes) is 1. The maximum absolute atomic E-state index is 14.0. The average molecular weight is 551 g/mol. The minimum atomic E-state index is -0.721. The summed E-state index contributed by atoms with van der Waals surface area (Å²) in [5.41, 5.74) is 15.0. The Morgan fingerprint density at radius 3 is 2.69 bits per heavy atom. The van der Waals surface area contributed by atoms with E-state index in [1.165, 1.54) is 16.3 Å². The van der Waals surface area contributed by atoms with E-state index >= 15 is 0 Å². The monoisotopic (exact) mass is 550 g/mol. The lowest BCUT2D eigenvalue weighted by atomic mass is 9.99. The zero-order valence-electron chi connectivity index (χ0n) is 22.2. The van der Waals surface area contributed by atoms with E-state index in [0.717, 1.165) is 34.2 Å². The van der Waals surface area contributed by atoms with E-state index in [2.05, 4.69) is 17.2 Å². The van der Waals surface area contributed by atoms with Crippen LogP contribution in [-0.2, 0) is 22.6 Å². The number of carbonyl (C=O) groups excluding carboxylic acids is 3. The molecule has 0 radical (unpaired) electrons. The number of rotatable bonds is 8. The molecule has 5 rings (SSSR count). The first-order valence-electron chi connectivity index (χ1n) is 13.1. The van der Waals surface area contributed by atoms with Gasteiger partial charge in [0.25, 0.3) is 0 Å². The number of piperazine rings is 1. The van der Waals surface area contributed by atoms with Gasteiger partial charge in [0.15, 0.2) is 5.13 Å². The second kappa shape index (κ2) is 11.1. The van der Waals surface area contributed by atoms with Gasteiger partial charge in [-0.05, 0) is 35.7 Å². The van der Waals surface area contributed by atoms with Crippen LogP contribution in [0.15, 0.2) is 42.5 Å². The number of fused-ring (bicyclic) bond motifs is 2. The van der Waals surface area contributed by atoms with E-state index in [-0.39, 0.29) is 30.9 Å². The Balaban J connectivity index is 1.46. The third-order valence-corrected chi connectivity index (χ3v) is 8.19. The number of nitrogens with two attached hydrogens (primary N) is 2. The van der Waals surface area contributed by atoms with Crippen molar-refractivity contribution in [1.29, 1.82) is 0 Å². The van der Waals surface area contributed by atoms with Crippen LogP contribution in [0.2, 0.25) is 0 Å². The first-order valence-corrected chi connectivity index (χ1v) is 13.9. The quantitative estimate of drug-likeness (QED) is 0.289. The molecule has 2 saturated heterocycles. The average Bonchev–Trinajstić information content (AvgIpc) is 3.46. The third-order valence-electron chi connectivity index (χ3n) is 7.34. The van der Waals surface area contributed by atoms with E-state index < -0.39 is 12.2 Å². The van der Waals surface area contributed by atoms with E-state index in [4.69, 9.17) is 11.5 Å². The Morgan fingerprint density at radius 1 is 1.18 bits per heavy atom. The Morgan fingerprint density at radius 2 is 1.95 bits per heavy atom. The van der Waals surface area contributed by atoms with Crippen LogP contribution in [0.3, 0.4) is 0 Å². The summed E-state index contributed by atoms with van der Waals surface area (Å²) in [6.07, 6.45) is 1.68. The summed E-state index contributed by atoms with van der Waals surface area (Å²) in [5.74, 6) is -0.329. The molecule has 3 heterocycles. The van der Waals surface area contributed by atoms with Crippen molar-refractivity contribution in [2.24, 2.45) is 0 Å². The molecule has 2 aromatic carbocycles. The smallest absolute Gasteiger partial charge is 0.331 e. The lowest BCUT2D eigenvalue weighted by Gasteiger charge is -2.45. The summed E-state index contributed by atoms with van der Waals surface area (Å²) in [6.45, 7) is 3.20. The number of aromatic nitrogens is 1. The van der Waals surface area contributed by atoms with Gasteiger partial charge in [0.1, 0.15) is 12.2 Å². The van der Waals surface area contributed by atoms with Gasteiger partial charge in [0.2, 0.25) is 11.8 Å². The number of nitrogen functional groups attached to an aromatic ring is 2. The molecule has 12 heteroatoms. The highest BCUT2D eigenvalue weighted by molar-refractivity contribution is 7.22. The van der Waals surface area contributed by atoms with Crippen LogP contribution in [0, 0.1) is 0 Å². The summed E-state index contributed by atoms with van der Waals surface area (Å²) in [7, 11) is 1.66. The number of thiazole rings is 1. The Hall–Kier alpha value is -3.90. The van der Waals surface area contributed by atoms with Crippen molar-refractivity contribution in [2.75, 3.05) is 38.1 Å². The maximum atomic E-state index is 14.0. The molecule has 2 fully saturated rings. The molecule has 2 atom stereocenters. The Bertz CT molecular complexity index is 1380. The fourth-order valence-electron chi connectivity index (χ4n) is 5.29. The number of hydrogen-bond acceptors (Lipinski definition) is 8. The van der Waals surface area contributed by atoms with Crippen molar-refractivity contribution in [3.8, 4) is 0 Å².